The lowest BCUT2D eigenvalue weighted by Gasteiger charge is -2.09. The van der Waals surface area contributed by atoms with Crippen molar-refractivity contribution in [2.45, 2.75) is 20.8 Å². The second kappa shape index (κ2) is 8.23. The largest absolute Gasteiger partial charge is 0.318 e. The number of amidine groups is 1. The van der Waals surface area contributed by atoms with Crippen molar-refractivity contribution < 1.29 is 9.72 Å². The zero-order chi connectivity index (χ0) is 22.1. The first-order valence-corrected chi connectivity index (χ1v) is 10.4. The second-order valence-corrected chi connectivity index (χ2v) is 8.28. The Kier molecular flexibility index (Phi) is 5.48. The van der Waals surface area contributed by atoms with Crippen LogP contribution >= 0.6 is 11.8 Å². The minimum atomic E-state index is -0.416. The fourth-order valence-electron chi connectivity index (χ4n) is 3.41. The predicted molar refractivity (Wildman–Crippen MR) is 124 cm³/mol. The molecular formula is C23H20N4O3S. The van der Waals surface area contributed by atoms with Crippen LogP contribution in [-0.4, -0.2) is 20.6 Å². The van der Waals surface area contributed by atoms with E-state index in [0.717, 1.165) is 33.9 Å². The van der Waals surface area contributed by atoms with Crippen LogP contribution in [0.3, 0.4) is 0 Å². The maximum atomic E-state index is 12.5. The molecule has 0 spiro atoms. The van der Waals surface area contributed by atoms with Gasteiger partial charge in [0.1, 0.15) is 0 Å². The maximum absolute atomic E-state index is 12.5. The molecule has 0 radical (unpaired) electrons. The number of rotatable bonds is 4. The Balaban J connectivity index is 1.62. The maximum Gasteiger partial charge on any atom is 0.269 e. The number of aryl methyl sites for hydroxylation is 2. The zero-order valence-corrected chi connectivity index (χ0v) is 18.1. The van der Waals surface area contributed by atoms with E-state index in [0.29, 0.717) is 10.1 Å². The van der Waals surface area contributed by atoms with Crippen molar-refractivity contribution in [1.29, 1.82) is 0 Å². The summed E-state index contributed by atoms with van der Waals surface area (Å²) in [5.74, 6) is -0.184. The molecule has 0 unspecified atom stereocenters. The summed E-state index contributed by atoms with van der Waals surface area (Å²) >= 11 is 1.30. The average Bonchev–Trinajstić information content (AvgIpc) is 3.22. The van der Waals surface area contributed by atoms with Crippen molar-refractivity contribution in [2.24, 2.45) is 4.99 Å². The van der Waals surface area contributed by atoms with Gasteiger partial charge in [0, 0.05) is 29.2 Å². The summed E-state index contributed by atoms with van der Waals surface area (Å²) in [6, 6.07) is 16.2. The minimum absolute atomic E-state index is 0.0490. The van der Waals surface area contributed by atoms with Gasteiger partial charge in [-0.3, -0.25) is 14.9 Å². The average molecular weight is 433 g/mol. The molecule has 0 bridgehead atoms. The molecule has 7 nitrogen and oxygen atoms in total. The van der Waals surface area contributed by atoms with Gasteiger partial charge in [-0.1, -0.05) is 17.7 Å². The number of nitro groups is 1. The summed E-state index contributed by atoms with van der Waals surface area (Å²) in [7, 11) is 0. The Bertz CT molecular complexity index is 1240. The Morgan fingerprint density at radius 3 is 2.39 bits per heavy atom. The number of benzene rings is 2. The predicted octanol–water partition coefficient (Wildman–Crippen LogP) is 5.20. The van der Waals surface area contributed by atoms with Gasteiger partial charge < -0.3 is 9.88 Å². The van der Waals surface area contributed by atoms with Gasteiger partial charge in [0.05, 0.1) is 15.5 Å². The number of hydrogen-bond acceptors (Lipinski definition) is 5. The van der Waals surface area contributed by atoms with E-state index in [1.54, 1.807) is 12.1 Å². The Labute approximate surface area is 183 Å². The molecule has 1 aromatic heterocycles. The van der Waals surface area contributed by atoms with Gasteiger partial charge in [-0.05, 0) is 74.5 Å². The lowest BCUT2D eigenvalue weighted by Crippen LogP contribution is -2.19. The van der Waals surface area contributed by atoms with Gasteiger partial charge in [-0.25, -0.2) is 4.99 Å². The highest BCUT2D eigenvalue weighted by molar-refractivity contribution is 8.18. The number of nitrogens with zero attached hydrogens (tertiary/aromatic N) is 3. The number of nitro benzene ring substituents is 1. The number of aromatic nitrogens is 1. The molecule has 1 fully saturated rings. The standard InChI is InChI=1S/C23H20N4O3S/c1-14-4-6-18(7-5-14)24-23-25-22(28)21(31-23)13-17-12-15(2)26(16(17)3)19-8-10-20(11-9-19)27(29)30/h4-13H,1-3H3,(H,24,25,28)/b21-13-. The van der Waals surface area contributed by atoms with Crippen LogP contribution in [0.15, 0.2) is 64.5 Å². The Morgan fingerprint density at radius 1 is 1.06 bits per heavy atom. The molecule has 4 rings (SSSR count). The summed E-state index contributed by atoms with van der Waals surface area (Å²) in [6.07, 6.45) is 1.85. The topological polar surface area (TPSA) is 89.5 Å². The molecule has 0 aliphatic carbocycles. The molecule has 156 valence electrons. The highest BCUT2D eigenvalue weighted by atomic mass is 32.2. The van der Waals surface area contributed by atoms with Crippen molar-refractivity contribution in [3.05, 3.63) is 92.1 Å². The number of thioether (sulfide) groups is 1. The molecule has 1 saturated heterocycles. The third-order valence-electron chi connectivity index (χ3n) is 4.99. The van der Waals surface area contributed by atoms with E-state index in [-0.39, 0.29) is 11.6 Å². The smallest absolute Gasteiger partial charge is 0.269 e. The molecule has 8 heteroatoms. The van der Waals surface area contributed by atoms with Crippen LogP contribution in [0.1, 0.15) is 22.5 Å². The van der Waals surface area contributed by atoms with Gasteiger partial charge in [-0.2, -0.15) is 0 Å². The van der Waals surface area contributed by atoms with E-state index in [1.165, 1.54) is 23.9 Å². The molecule has 1 N–H and O–H groups in total. The molecule has 2 aromatic carbocycles. The number of hydrogen-bond donors (Lipinski definition) is 1. The molecule has 2 heterocycles. The molecule has 31 heavy (non-hydrogen) atoms. The molecule has 1 aliphatic heterocycles. The van der Waals surface area contributed by atoms with Gasteiger partial charge >= 0.3 is 0 Å². The van der Waals surface area contributed by atoms with Gasteiger partial charge in [0.25, 0.3) is 11.6 Å². The summed E-state index contributed by atoms with van der Waals surface area (Å²) in [6.45, 7) is 5.93. The molecule has 3 aromatic rings. The molecule has 1 amide bonds. The van der Waals surface area contributed by atoms with E-state index >= 15 is 0 Å². The number of nitrogens with one attached hydrogen (secondary N) is 1. The van der Waals surface area contributed by atoms with Crippen molar-refractivity contribution in [1.82, 2.24) is 9.88 Å². The Hall–Kier alpha value is -3.65. The summed E-state index contributed by atoms with van der Waals surface area (Å²) < 4.78 is 2.01. The monoisotopic (exact) mass is 432 g/mol. The number of carbonyl (C=O) groups is 1. The highest BCUT2D eigenvalue weighted by Crippen LogP contribution is 2.31. The summed E-state index contributed by atoms with van der Waals surface area (Å²) in [4.78, 5) is 28.0. The summed E-state index contributed by atoms with van der Waals surface area (Å²) in [5.41, 5.74) is 5.63. The number of aliphatic imine (C=N–C) groups is 1. The molecular weight excluding hydrogens is 412 g/mol. The molecule has 1 aliphatic rings. The molecule has 0 atom stereocenters. The van der Waals surface area contributed by atoms with E-state index in [2.05, 4.69) is 10.3 Å². The van der Waals surface area contributed by atoms with Crippen LogP contribution in [0.2, 0.25) is 0 Å². The highest BCUT2D eigenvalue weighted by Gasteiger charge is 2.24. The van der Waals surface area contributed by atoms with Crippen molar-refractivity contribution in [2.75, 3.05) is 0 Å². The van der Waals surface area contributed by atoms with E-state index in [9.17, 15) is 14.9 Å². The first kappa shape index (κ1) is 20.6. The van der Waals surface area contributed by atoms with Crippen molar-refractivity contribution in [3.8, 4) is 5.69 Å². The first-order chi connectivity index (χ1) is 14.8. The van der Waals surface area contributed by atoms with E-state index < -0.39 is 4.92 Å². The van der Waals surface area contributed by atoms with Crippen molar-refractivity contribution in [3.63, 3.8) is 0 Å². The number of amides is 1. The number of carbonyl (C=O) groups excluding carboxylic acids is 1. The first-order valence-electron chi connectivity index (χ1n) is 9.62. The van der Waals surface area contributed by atoms with Gasteiger partial charge in [-0.15, -0.1) is 0 Å². The SMILES string of the molecule is Cc1ccc(N=C2NC(=O)/C(=C/c3cc(C)n(-c4ccc([N+](=O)[O-])cc4)c3C)S2)cc1. The van der Waals surface area contributed by atoms with Gasteiger partial charge in [0.2, 0.25) is 0 Å². The molecule has 0 saturated carbocycles. The summed E-state index contributed by atoms with van der Waals surface area (Å²) in [5, 5.41) is 14.3. The fraction of sp³-hybridized carbons (Fsp3) is 0.130. The van der Waals surface area contributed by atoms with Crippen LogP contribution < -0.4 is 5.32 Å². The van der Waals surface area contributed by atoms with Crippen LogP contribution in [0.25, 0.3) is 11.8 Å². The minimum Gasteiger partial charge on any atom is -0.318 e. The van der Waals surface area contributed by atoms with Gasteiger partial charge in [0.15, 0.2) is 5.17 Å². The fourth-order valence-corrected chi connectivity index (χ4v) is 4.25. The van der Waals surface area contributed by atoms with Crippen molar-refractivity contribution >= 4 is 40.3 Å². The van der Waals surface area contributed by atoms with E-state index in [4.69, 9.17) is 0 Å². The lowest BCUT2D eigenvalue weighted by atomic mass is 10.2. The van der Waals surface area contributed by atoms with Crippen LogP contribution in [0.4, 0.5) is 11.4 Å². The third kappa shape index (κ3) is 4.29. The number of non-ortho nitro benzene ring substituents is 1. The zero-order valence-electron chi connectivity index (χ0n) is 17.2. The third-order valence-corrected chi connectivity index (χ3v) is 5.90. The Morgan fingerprint density at radius 2 is 1.74 bits per heavy atom. The van der Waals surface area contributed by atoms with Crippen LogP contribution in [-0.2, 0) is 4.79 Å². The van der Waals surface area contributed by atoms with Crippen LogP contribution in [0, 0.1) is 30.9 Å². The van der Waals surface area contributed by atoms with E-state index in [1.807, 2.05) is 61.7 Å². The lowest BCUT2D eigenvalue weighted by molar-refractivity contribution is -0.384. The second-order valence-electron chi connectivity index (χ2n) is 7.25. The normalized spacial score (nSPS) is 16.2. The van der Waals surface area contributed by atoms with Crippen LogP contribution in [0.5, 0.6) is 0 Å². The quantitative estimate of drug-likeness (QED) is 0.348.